The normalized spacial score (nSPS) is 10.6. The number of halogens is 1. The Labute approximate surface area is 136 Å². The van der Waals surface area contributed by atoms with Crippen LogP contribution in [0.1, 0.15) is 5.56 Å². The minimum atomic E-state index is -0.284. The van der Waals surface area contributed by atoms with Crippen LogP contribution in [0.4, 0.5) is 0 Å². The fourth-order valence-electron chi connectivity index (χ4n) is 2.32. The minimum Gasteiger partial charge on any atom is -0.421 e. The molecule has 104 valence electrons. The van der Waals surface area contributed by atoms with Gasteiger partial charge >= 0.3 is 5.63 Å². The van der Waals surface area contributed by atoms with E-state index in [1.165, 1.54) is 0 Å². The number of hydrogen-bond donors (Lipinski definition) is 0. The van der Waals surface area contributed by atoms with E-state index in [1.54, 1.807) is 0 Å². The summed E-state index contributed by atoms with van der Waals surface area (Å²) in [5, 5.41) is 0. The summed E-state index contributed by atoms with van der Waals surface area (Å²) in [7, 11) is 0. The van der Waals surface area contributed by atoms with Crippen molar-refractivity contribution in [3.8, 4) is 22.5 Å². The maximum absolute atomic E-state index is 12.2. The van der Waals surface area contributed by atoms with Crippen molar-refractivity contribution in [3.63, 3.8) is 0 Å². The molecule has 1 aromatic heterocycles. The Kier molecular flexibility index (Phi) is 3.92. The SMILES string of the molecule is Cc1c(-c2ccccc2)c(I)c(-c2ccccc2)oc1=O. The molecule has 1 heterocycles. The maximum atomic E-state index is 12.2. The third-order valence-electron chi connectivity index (χ3n) is 3.39. The lowest BCUT2D eigenvalue weighted by Gasteiger charge is -2.11. The van der Waals surface area contributed by atoms with Crippen LogP contribution in [0.2, 0.25) is 0 Å². The molecule has 0 atom stereocenters. The monoisotopic (exact) mass is 388 g/mol. The van der Waals surface area contributed by atoms with Crippen LogP contribution in [0.5, 0.6) is 0 Å². The second kappa shape index (κ2) is 5.85. The quantitative estimate of drug-likeness (QED) is 0.586. The van der Waals surface area contributed by atoms with Gasteiger partial charge in [-0.25, -0.2) is 4.79 Å². The van der Waals surface area contributed by atoms with E-state index in [4.69, 9.17) is 4.42 Å². The van der Waals surface area contributed by atoms with Gasteiger partial charge in [-0.05, 0) is 35.1 Å². The van der Waals surface area contributed by atoms with E-state index in [2.05, 4.69) is 22.6 Å². The molecule has 0 spiro atoms. The molecule has 3 rings (SSSR count). The molecule has 2 nitrogen and oxygen atoms in total. The lowest BCUT2D eigenvalue weighted by atomic mass is 10.0. The Balaban J connectivity index is 2.31. The van der Waals surface area contributed by atoms with Crippen LogP contribution in [0.3, 0.4) is 0 Å². The molecular formula is C18H13IO2. The van der Waals surface area contributed by atoms with E-state index in [9.17, 15) is 4.79 Å². The largest absolute Gasteiger partial charge is 0.421 e. The minimum absolute atomic E-state index is 0.284. The molecule has 0 N–H and O–H groups in total. The molecule has 0 aliphatic carbocycles. The summed E-state index contributed by atoms with van der Waals surface area (Å²) in [6, 6.07) is 19.7. The van der Waals surface area contributed by atoms with Crippen LogP contribution < -0.4 is 5.63 Å². The zero-order chi connectivity index (χ0) is 14.8. The summed E-state index contributed by atoms with van der Waals surface area (Å²) in [4.78, 5) is 12.2. The third-order valence-corrected chi connectivity index (χ3v) is 4.42. The van der Waals surface area contributed by atoms with Gasteiger partial charge < -0.3 is 4.42 Å². The number of rotatable bonds is 2. The van der Waals surface area contributed by atoms with Gasteiger partial charge in [0.25, 0.3) is 0 Å². The van der Waals surface area contributed by atoms with Gasteiger partial charge in [0.05, 0.1) is 3.57 Å². The Morgan fingerprint density at radius 1 is 0.857 bits per heavy atom. The summed E-state index contributed by atoms with van der Waals surface area (Å²) in [6.45, 7) is 1.81. The van der Waals surface area contributed by atoms with Crippen LogP contribution in [-0.2, 0) is 0 Å². The summed E-state index contributed by atoms with van der Waals surface area (Å²) < 4.78 is 6.48. The van der Waals surface area contributed by atoms with Crippen LogP contribution in [0.15, 0.2) is 69.9 Å². The van der Waals surface area contributed by atoms with E-state index >= 15 is 0 Å². The van der Waals surface area contributed by atoms with Crippen molar-refractivity contribution in [2.45, 2.75) is 6.92 Å². The van der Waals surface area contributed by atoms with Gasteiger partial charge in [0.1, 0.15) is 0 Å². The van der Waals surface area contributed by atoms with Gasteiger partial charge in [-0.3, -0.25) is 0 Å². The first-order valence-corrected chi connectivity index (χ1v) is 7.70. The fraction of sp³-hybridized carbons (Fsp3) is 0.0556. The molecule has 0 unspecified atom stereocenters. The first-order valence-electron chi connectivity index (χ1n) is 6.62. The summed E-state index contributed by atoms with van der Waals surface area (Å²) in [5.41, 5.74) is 3.25. The lowest BCUT2D eigenvalue weighted by Crippen LogP contribution is -2.08. The Morgan fingerprint density at radius 3 is 1.95 bits per heavy atom. The van der Waals surface area contributed by atoms with Gasteiger partial charge in [-0.2, -0.15) is 0 Å². The zero-order valence-corrected chi connectivity index (χ0v) is 13.6. The van der Waals surface area contributed by atoms with Crippen molar-refractivity contribution >= 4 is 22.6 Å². The Bertz CT molecular complexity index is 821. The highest BCUT2D eigenvalue weighted by Crippen LogP contribution is 2.34. The van der Waals surface area contributed by atoms with E-state index in [1.807, 2.05) is 67.6 Å². The summed E-state index contributed by atoms with van der Waals surface area (Å²) in [6.07, 6.45) is 0. The maximum Gasteiger partial charge on any atom is 0.339 e. The smallest absolute Gasteiger partial charge is 0.339 e. The molecule has 21 heavy (non-hydrogen) atoms. The van der Waals surface area contributed by atoms with Crippen LogP contribution in [0.25, 0.3) is 22.5 Å². The van der Waals surface area contributed by atoms with Crippen molar-refractivity contribution in [3.05, 3.63) is 80.2 Å². The molecule has 0 radical (unpaired) electrons. The van der Waals surface area contributed by atoms with E-state index in [0.717, 1.165) is 20.3 Å². The van der Waals surface area contributed by atoms with Crippen molar-refractivity contribution in [2.75, 3.05) is 0 Å². The molecule has 2 aromatic carbocycles. The van der Waals surface area contributed by atoms with Crippen molar-refractivity contribution in [2.24, 2.45) is 0 Å². The summed E-state index contributed by atoms with van der Waals surface area (Å²) in [5.74, 6) is 0.630. The highest BCUT2D eigenvalue weighted by atomic mass is 127. The zero-order valence-electron chi connectivity index (χ0n) is 11.5. The molecule has 0 aliphatic heterocycles. The highest BCUT2D eigenvalue weighted by molar-refractivity contribution is 14.1. The molecule has 3 heteroatoms. The number of benzene rings is 2. The average molecular weight is 388 g/mol. The predicted octanol–water partition coefficient (Wildman–Crippen LogP) is 4.89. The second-order valence-electron chi connectivity index (χ2n) is 4.76. The summed E-state index contributed by atoms with van der Waals surface area (Å²) >= 11 is 2.26. The van der Waals surface area contributed by atoms with Crippen molar-refractivity contribution in [1.82, 2.24) is 0 Å². The number of hydrogen-bond acceptors (Lipinski definition) is 2. The van der Waals surface area contributed by atoms with Crippen LogP contribution >= 0.6 is 22.6 Å². The Morgan fingerprint density at radius 2 is 1.38 bits per heavy atom. The topological polar surface area (TPSA) is 30.2 Å². The van der Waals surface area contributed by atoms with E-state index in [-0.39, 0.29) is 5.63 Å². The Hall–Kier alpha value is -1.88. The molecule has 0 saturated carbocycles. The first kappa shape index (κ1) is 14.1. The molecule has 0 amide bonds. The standard InChI is InChI=1S/C18H13IO2/c1-12-15(13-8-4-2-5-9-13)16(19)17(21-18(12)20)14-10-6-3-7-11-14/h2-11H,1H3. The van der Waals surface area contributed by atoms with Crippen LogP contribution in [0, 0.1) is 10.5 Å². The molecular weight excluding hydrogens is 375 g/mol. The second-order valence-corrected chi connectivity index (χ2v) is 5.84. The van der Waals surface area contributed by atoms with Crippen molar-refractivity contribution in [1.29, 1.82) is 0 Å². The predicted molar refractivity (Wildman–Crippen MR) is 93.3 cm³/mol. The highest BCUT2D eigenvalue weighted by Gasteiger charge is 2.17. The van der Waals surface area contributed by atoms with Gasteiger partial charge in [0, 0.05) is 16.7 Å². The molecule has 0 bridgehead atoms. The first-order chi connectivity index (χ1) is 10.2. The van der Waals surface area contributed by atoms with E-state index in [0.29, 0.717) is 11.3 Å². The van der Waals surface area contributed by atoms with Gasteiger partial charge in [-0.15, -0.1) is 0 Å². The van der Waals surface area contributed by atoms with Gasteiger partial charge in [-0.1, -0.05) is 60.7 Å². The van der Waals surface area contributed by atoms with Crippen molar-refractivity contribution < 1.29 is 4.42 Å². The fourth-order valence-corrected chi connectivity index (χ4v) is 3.45. The van der Waals surface area contributed by atoms with E-state index < -0.39 is 0 Å². The lowest BCUT2D eigenvalue weighted by molar-refractivity contribution is 0.518. The molecule has 0 aliphatic rings. The van der Waals surface area contributed by atoms with Gasteiger partial charge in [0.15, 0.2) is 5.76 Å². The third kappa shape index (κ3) is 2.65. The van der Waals surface area contributed by atoms with Crippen LogP contribution in [-0.4, -0.2) is 0 Å². The van der Waals surface area contributed by atoms with Gasteiger partial charge in [0.2, 0.25) is 0 Å². The molecule has 0 fully saturated rings. The molecule has 3 aromatic rings. The average Bonchev–Trinajstić information content (AvgIpc) is 2.53. The molecule has 0 saturated heterocycles.